The first-order chi connectivity index (χ1) is 6.83. The van der Waals surface area contributed by atoms with Crippen LogP contribution in [0.4, 0.5) is 5.69 Å². The van der Waals surface area contributed by atoms with E-state index in [0.717, 1.165) is 12.1 Å². The fourth-order valence-electron chi connectivity index (χ4n) is 1.57. The summed E-state index contributed by atoms with van der Waals surface area (Å²) in [5, 5.41) is 0. The van der Waals surface area contributed by atoms with Crippen LogP contribution in [0.3, 0.4) is 0 Å². The van der Waals surface area contributed by atoms with Crippen LogP contribution >= 0.6 is 22.6 Å². The molecule has 2 nitrogen and oxygen atoms in total. The highest BCUT2D eigenvalue weighted by Crippen LogP contribution is 2.28. The van der Waals surface area contributed by atoms with Crippen LogP contribution in [0.1, 0.15) is 31.9 Å². The predicted octanol–water partition coefficient (Wildman–Crippen LogP) is 3.47. The van der Waals surface area contributed by atoms with Crippen LogP contribution < -0.4 is 11.3 Å². The SMILES string of the molecule is Cc1cc(NN)c(CC(C)(C)C)cc1I. The van der Waals surface area contributed by atoms with E-state index < -0.39 is 0 Å². The van der Waals surface area contributed by atoms with Crippen LogP contribution in [0.2, 0.25) is 0 Å². The molecule has 0 heterocycles. The lowest BCUT2D eigenvalue weighted by Gasteiger charge is -2.21. The van der Waals surface area contributed by atoms with Crippen LogP contribution in [0.25, 0.3) is 0 Å². The van der Waals surface area contributed by atoms with E-state index in [9.17, 15) is 0 Å². The highest BCUT2D eigenvalue weighted by Gasteiger charge is 2.14. The molecule has 0 bridgehead atoms. The summed E-state index contributed by atoms with van der Waals surface area (Å²) in [6.07, 6.45) is 1.03. The molecular weight excluding hydrogens is 299 g/mol. The van der Waals surface area contributed by atoms with Gasteiger partial charge in [-0.05, 0) is 64.6 Å². The molecule has 0 fully saturated rings. The van der Waals surface area contributed by atoms with Crippen LogP contribution in [0.15, 0.2) is 12.1 Å². The summed E-state index contributed by atoms with van der Waals surface area (Å²) in [5.41, 5.74) is 6.67. The van der Waals surface area contributed by atoms with Gasteiger partial charge in [-0.2, -0.15) is 0 Å². The average molecular weight is 318 g/mol. The molecule has 3 heteroatoms. The van der Waals surface area contributed by atoms with Gasteiger partial charge in [0.05, 0.1) is 5.69 Å². The van der Waals surface area contributed by atoms with Crippen molar-refractivity contribution >= 4 is 28.3 Å². The standard InChI is InChI=1S/C12H19IN2/c1-8-5-11(15-14)9(6-10(8)13)7-12(2,3)4/h5-6,15H,7,14H2,1-4H3. The molecule has 0 aliphatic carbocycles. The van der Waals surface area contributed by atoms with E-state index in [4.69, 9.17) is 5.84 Å². The van der Waals surface area contributed by atoms with Gasteiger partial charge < -0.3 is 5.43 Å². The van der Waals surface area contributed by atoms with Gasteiger partial charge in [0.2, 0.25) is 0 Å². The third kappa shape index (κ3) is 3.65. The molecule has 1 aromatic rings. The third-order valence-corrected chi connectivity index (χ3v) is 3.42. The summed E-state index contributed by atoms with van der Waals surface area (Å²) in [6.45, 7) is 8.81. The number of nitrogens with two attached hydrogens (primary N) is 1. The second-order valence-corrected chi connectivity index (χ2v) is 6.30. The number of hydrazine groups is 1. The smallest absolute Gasteiger partial charge is 0.0520 e. The molecular formula is C12H19IN2. The topological polar surface area (TPSA) is 38.0 Å². The number of anilines is 1. The lowest BCUT2D eigenvalue weighted by Crippen LogP contribution is -2.15. The summed E-state index contributed by atoms with van der Waals surface area (Å²) in [7, 11) is 0. The number of benzene rings is 1. The number of halogens is 1. The maximum absolute atomic E-state index is 5.54. The summed E-state index contributed by atoms with van der Waals surface area (Å²) in [6, 6.07) is 4.33. The Labute approximate surface area is 106 Å². The van der Waals surface area contributed by atoms with Gasteiger partial charge in [-0.3, -0.25) is 5.84 Å². The summed E-state index contributed by atoms with van der Waals surface area (Å²) < 4.78 is 1.30. The largest absolute Gasteiger partial charge is 0.324 e. The molecule has 15 heavy (non-hydrogen) atoms. The summed E-state index contributed by atoms with van der Waals surface area (Å²) in [5.74, 6) is 5.54. The number of rotatable bonds is 2. The molecule has 0 atom stereocenters. The lowest BCUT2D eigenvalue weighted by atomic mass is 9.87. The fourth-order valence-corrected chi connectivity index (χ4v) is 2.11. The Morgan fingerprint density at radius 3 is 2.40 bits per heavy atom. The Morgan fingerprint density at radius 2 is 1.93 bits per heavy atom. The molecule has 0 saturated heterocycles. The van der Waals surface area contributed by atoms with Crippen molar-refractivity contribution in [3.63, 3.8) is 0 Å². The zero-order valence-electron chi connectivity index (χ0n) is 9.82. The molecule has 0 radical (unpaired) electrons. The Bertz CT molecular complexity index is 353. The van der Waals surface area contributed by atoms with Crippen molar-refractivity contribution in [2.75, 3.05) is 5.43 Å². The number of hydrogen-bond acceptors (Lipinski definition) is 2. The van der Waals surface area contributed by atoms with Crippen LogP contribution in [0.5, 0.6) is 0 Å². The molecule has 3 N–H and O–H groups in total. The quantitative estimate of drug-likeness (QED) is 0.498. The maximum atomic E-state index is 5.54. The van der Waals surface area contributed by atoms with E-state index >= 15 is 0 Å². The lowest BCUT2D eigenvalue weighted by molar-refractivity contribution is 0.411. The van der Waals surface area contributed by atoms with Gasteiger partial charge >= 0.3 is 0 Å². The van der Waals surface area contributed by atoms with Crippen molar-refractivity contribution in [3.05, 3.63) is 26.8 Å². The van der Waals surface area contributed by atoms with E-state index in [1.165, 1.54) is 14.7 Å². The highest BCUT2D eigenvalue weighted by molar-refractivity contribution is 14.1. The van der Waals surface area contributed by atoms with E-state index in [2.05, 4.69) is 67.8 Å². The number of nitrogen functional groups attached to an aromatic ring is 1. The van der Waals surface area contributed by atoms with Gasteiger partial charge in [0, 0.05) is 3.57 Å². The first-order valence-corrected chi connectivity index (χ1v) is 6.17. The molecule has 0 aromatic heterocycles. The number of nitrogens with one attached hydrogen (secondary N) is 1. The minimum atomic E-state index is 0.282. The van der Waals surface area contributed by atoms with Crippen LogP contribution in [0, 0.1) is 15.9 Å². The molecule has 84 valence electrons. The minimum absolute atomic E-state index is 0.282. The summed E-state index contributed by atoms with van der Waals surface area (Å²) in [4.78, 5) is 0. The molecule has 0 saturated carbocycles. The monoisotopic (exact) mass is 318 g/mol. The third-order valence-electron chi connectivity index (χ3n) is 2.26. The maximum Gasteiger partial charge on any atom is 0.0520 e. The van der Waals surface area contributed by atoms with Crippen molar-refractivity contribution in [1.82, 2.24) is 0 Å². The molecule has 1 aromatic carbocycles. The second-order valence-electron chi connectivity index (χ2n) is 5.14. The molecule has 0 aliphatic heterocycles. The van der Waals surface area contributed by atoms with Gasteiger partial charge in [-0.1, -0.05) is 20.8 Å². The number of hydrogen-bond donors (Lipinski definition) is 2. The molecule has 0 aliphatic rings. The van der Waals surface area contributed by atoms with Crippen molar-refractivity contribution < 1.29 is 0 Å². The Kier molecular flexibility index (Phi) is 4.00. The van der Waals surface area contributed by atoms with E-state index in [1.54, 1.807) is 0 Å². The van der Waals surface area contributed by atoms with Gasteiger partial charge in [0.15, 0.2) is 0 Å². The molecule has 0 spiro atoms. The van der Waals surface area contributed by atoms with Gasteiger partial charge in [-0.15, -0.1) is 0 Å². The van der Waals surface area contributed by atoms with Crippen molar-refractivity contribution in [3.8, 4) is 0 Å². The normalized spacial score (nSPS) is 11.6. The Morgan fingerprint density at radius 1 is 1.33 bits per heavy atom. The van der Waals surface area contributed by atoms with Gasteiger partial charge in [-0.25, -0.2) is 0 Å². The Balaban J connectivity index is 3.11. The predicted molar refractivity (Wildman–Crippen MR) is 74.9 cm³/mol. The minimum Gasteiger partial charge on any atom is -0.324 e. The summed E-state index contributed by atoms with van der Waals surface area (Å²) >= 11 is 2.37. The zero-order chi connectivity index (χ0) is 11.6. The molecule has 1 rings (SSSR count). The average Bonchev–Trinajstić information content (AvgIpc) is 2.08. The number of aryl methyl sites for hydroxylation is 1. The van der Waals surface area contributed by atoms with E-state index in [-0.39, 0.29) is 5.41 Å². The fraction of sp³-hybridized carbons (Fsp3) is 0.500. The van der Waals surface area contributed by atoms with Crippen LogP contribution in [-0.4, -0.2) is 0 Å². The van der Waals surface area contributed by atoms with Crippen molar-refractivity contribution in [1.29, 1.82) is 0 Å². The van der Waals surface area contributed by atoms with E-state index in [1.807, 2.05) is 0 Å². The van der Waals surface area contributed by atoms with Crippen molar-refractivity contribution in [2.24, 2.45) is 11.3 Å². The van der Waals surface area contributed by atoms with Gasteiger partial charge in [0.25, 0.3) is 0 Å². The first-order valence-electron chi connectivity index (χ1n) is 5.09. The van der Waals surface area contributed by atoms with E-state index in [0.29, 0.717) is 0 Å². The highest BCUT2D eigenvalue weighted by atomic mass is 127. The molecule has 0 unspecified atom stereocenters. The van der Waals surface area contributed by atoms with Crippen LogP contribution in [-0.2, 0) is 6.42 Å². The van der Waals surface area contributed by atoms with Crippen molar-refractivity contribution in [2.45, 2.75) is 34.1 Å². The first kappa shape index (κ1) is 12.8. The molecule has 0 amide bonds. The Hall–Kier alpha value is -0.290. The van der Waals surface area contributed by atoms with Gasteiger partial charge in [0.1, 0.15) is 0 Å². The second kappa shape index (κ2) is 4.70. The zero-order valence-corrected chi connectivity index (χ0v) is 12.0.